The number of ketones is 1. The van der Waals surface area contributed by atoms with Gasteiger partial charge in [0.05, 0.1) is 25.5 Å². The number of benzene rings is 4. The molecule has 0 radical (unpaired) electrons. The smallest absolute Gasteiger partial charge is 0.195 e. The summed E-state index contributed by atoms with van der Waals surface area (Å²) in [5.41, 5.74) is 7.68. The lowest BCUT2D eigenvalue weighted by Gasteiger charge is -2.22. The second kappa shape index (κ2) is 10.3. The number of rotatable bonds is 8. The first-order valence-corrected chi connectivity index (χ1v) is 12.9. The lowest BCUT2D eigenvalue weighted by atomic mass is 9.92. The van der Waals surface area contributed by atoms with Crippen LogP contribution in [0.2, 0.25) is 0 Å². The zero-order valence-corrected chi connectivity index (χ0v) is 22.2. The SMILES string of the molecule is COCOc1ccc(C(=O)c2c3n(c4cc(-c5ccc(OC)cc5)ccc24)CCc2ccc(OC)cc2-3)cc1. The van der Waals surface area contributed by atoms with Gasteiger partial charge in [-0.25, -0.2) is 0 Å². The molecule has 0 unspecified atom stereocenters. The van der Waals surface area contributed by atoms with Crippen LogP contribution in [0.4, 0.5) is 0 Å². The molecule has 6 heteroatoms. The molecule has 0 saturated heterocycles. The van der Waals surface area contributed by atoms with E-state index in [0.29, 0.717) is 16.9 Å². The van der Waals surface area contributed by atoms with Crippen molar-refractivity contribution in [3.05, 3.63) is 102 Å². The minimum atomic E-state index is -0.0279. The van der Waals surface area contributed by atoms with Gasteiger partial charge in [-0.05, 0) is 77.7 Å². The van der Waals surface area contributed by atoms with Crippen LogP contribution in [-0.2, 0) is 17.7 Å². The van der Waals surface area contributed by atoms with E-state index in [1.807, 2.05) is 36.4 Å². The van der Waals surface area contributed by atoms with E-state index in [-0.39, 0.29) is 12.6 Å². The van der Waals surface area contributed by atoms with Gasteiger partial charge in [0.1, 0.15) is 17.2 Å². The number of carbonyl (C=O) groups is 1. The van der Waals surface area contributed by atoms with Crippen LogP contribution >= 0.6 is 0 Å². The van der Waals surface area contributed by atoms with Crippen LogP contribution in [0.15, 0.2) is 84.9 Å². The van der Waals surface area contributed by atoms with E-state index in [4.69, 9.17) is 18.9 Å². The summed E-state index contributed by atoms with van der Waals surface area (Å²) in [4.78, 5) is 14.2. The second-order valence-corrected chi connectivity index (χ2v) is 9.51. The molecular formula is C33H29NO5. The van der Waals surface area contributed by atoms with Crippen LogP contribution in [0.5, 0.6) is 17.2 Å². The lowest BCUT2D eigenvalue weighted by molar-refractivity contribution is 0.0511. The Hall–Kier alpha value is -4.55. The molecule has 1 aromatic heterocycles. The van der Waals surface area contributed by atoms with Crippen LogP contribution in [0.1, 0.15) is 21.5 Å². The van der Waals surface area contributed by atoms with Gasteiger partial charge in [0.2, 0.25) is 0 Å². The van der Waals surface area contributed by atoms with Crippen LogP contribution in [-0.4, -0.2) is 38.5 Å². The predicted octanol–water partition coefficient (Wildman–Crippen LogP) is 6.76. The number of aryl methyl sites for hydroxylation is 2. The van der Waals surface area contributed by atoms with Crippen molar-refractivity contribution in [3.63, 3.8) is 0 Å². The summed E-state index contributed by atoms with van der Waals surface area (Å²) < 4.78 is 23.7. The van der Waals surface area contributed by atoms with Gasteiger partial charge in [-0.2, -0.15) is 0 Å². The highest BCUT2D eigenvalue weighted by Crippen LogP contribution is 2.42. The molecule has 0 saturated carbocycles. The predicted molar refractivity (Wildman–Crippen MR) is 152 cm³/mol. The van der Waals surface area contributed by atoms with E-state index in [2.05, 4.69) is 41.0 Å². The third-order valence-corrected chi connectivity index (χ3v) is 7.35. The second-order valence-electron chi connectivity index (χ2n) is 9.51. The van der Waals surface area contributed by atoms with Gasteiger partial charge in [-0.3, -0.25) is 4.79 Å². The average molecular weight is 520 g/mol. The summed E-state index contributed by atoms with van der Waals surface area (Å²) in [7, 11) is 4.91. The molecule has 2 heterocycles. The monoisotopic (exact) mass is 519 g/mol. The van der Waals surface area contributed by atoms with E-state index in [1.54, 1.807) is 33.5 Å². The molecular weight excluding hydrogens is 490 g/mol. The van der Waals surface area contributed by atoms with Gasteiger partial charge in [-0.1, -0.05) is 30.3 Å². The summed E-state index contributed by atoms with van der Waals surface area (Å²) in [6, 6.07) is 27.7. The first-order chi connectivity index (χ1) is 19.1. The average Bonchev–Trinajstić information content (AvgIpc) is 3.33. The third-order valence-electron chi connectivity index (χ3n) is 7.35. The lowest BCUT2D eigenvalue weighted by Crippen LogP contribution is -2.13. The molecule has 5 aromatic rings. The molecule has 0 fully saturated rings. The summed E-state index contributed by atoms with van der Waals surface area (Å²) in [5, 5.41) is 0.933. The Morgan fingerprint density at radius 2 is 1.46 bits per heavy atom. The summed E-state index contributed by atoms with van der Waals surface area (Å²) in [6.07, 6.45) is 0.877. The molecule has 0 aliphatic carbocycles. The summed E-state index contributed by atoms with van der Waals surface area (Å²) in [5.74, 6) is 2.21. The van der Waals surface area contributed by atoms with Crippen LogP contribution < -0.4 is 14.2 Å². The minimum absolute atomic E-state index is 0.0279. The first kappa shape index (κ1) is 24.8. The fourth-order valence-electron chi connectivity index (χ4n) is 5.38. The van der Waals surface area contributed by atoms with Crippen molar-refractivity contribution in [2.24, 2.45) is 0 Å². The van der Waals surface area contributed by atoms with Crippen LogP contribution in [0.3, 0.4) is 0 Å². The maximum atomic E-state index is 14.2. The molecule has 0 amide bonds. The zero-order valence-electron chi connectivity index (χ0n) is 22.2. The van der Waals surface area contributed by atoms with Crippen LogP contribution in [0, 0.1) is 0 Å². The maximum Gasteiger partial charge on any atom is 0.195 e. The molecule has 1 aliphatic heterocycles. The molecule has 196 valence electrons. The Morgan fingerprint density at radius 3 is 2.18 bits per heavy atom. The van der Waals surface area contributed by atoms with Gasteiger partial charge in [0, 0.05) is 35.7 Å². The molecule has 39 heavy (non-hydrogen) atoms. The Morgan fingerprint density at radius 1 is 0.769 bits per heavy atom. The van der Waals surface area contributed by atoms with Crippen molar-refractivity contribution in [1.82, 2.24) is 4.57 Å². The number of nitrogens with zero attached hydrogens (tertiary/aromatic N) is 1. The van der Waals surface area contributed by atoms with Gasteiger partial charge in [0.15, 0.2) is 12.6 Å². The molecule has 6 nitrogen and oxygen atoms in total. The van der Waals surface area contributed by atoms with E-state index >= 15 is 0 Å². The molecule has 0 spiro atoms. The van der Waals surface area contributed by atoms with E-state index in [0.717, 1.165) is 57.8 Å². The molecule has 0 bridgehead atoms. The number of methoxy groups -OCH3 is 3. The number of fused-ring (bicyclic) bond motifs is 5. The molecule has 1 aliphatic rings. The standard InChI is InChI=1S/C33H29NO5/c1-36-20-39-26-12-7-23(8-13-26)33(35)31-28-15-9-24(21-4-10-25(37-2)11-5-21)18-30(28)34-17-16-22-6-14-27(38-3)19-29(22)32(31)34/h4-15,18-19H,16-17,20H2,1-3H3. The summed E-state index contributed by atoms with van der Waals surface area (Å²) in [6.45, 7) is 0.939. The maximum absolute atomic E-state index is 14.2. The summed E-state index contributed by atoms with van der Waals surface area (Å²) >= 11 is 0. The van der Waals surface area contributed by atoms with Gasteiger partial charge >= 0.3 is 0 Å². The fourth-order valence-corrected chi connectivity index (χ4v) is 5.38. The number of hydrogen-bond acceptors (Lipinski definition) is 5. The number of aromatic nitrogens is 1. The highest BCUT2D eigenvalue weighted by molar-refractivity contribution is 6.21. The highest BCUT2D eigenvalue weighted by atomic mass is 16.7. The van der Waals surface area contributed by atoms with Crippen molar-refractivity contribution in [1.29, 1.82) is 0 Å². The number of hydrogen-bond donors (Lipinski definition) is 0. The minimum Gasteiger partial charge on any atom is -0.497 e. The van der Waals surface area contributed by atoms with E-state index in [1.165, 1.54) is 5.56 Å². The largest absolute Gasteiger partial charge is 0.497 e. The van der Waals surface area contributed by atoms with Gasteiger partial charge < -0.3 is 23.5 Å². The number of ether oxygens (including phenoxy) is 4. The normalized spacial score (nSPS) is 12.1. The topological polar surface area (TPSA) is 58.9 Å². The zero-order chi connectivity index (χ0) is 26.9. The van der Waals surface area contributed by atoms with Crippen molar-refractivity contribution < 1.29 is 23.7 Å². The van der Waals surface area contributed by atoms with Crippen LogP contribution in [0.25, 0.3) is 33.3 Å². The Balaban J connectivity index is 1.53. The Bertz CT molecular complexity index is 1670. The number of carbonyl (C=O) groups excluding carboxylic acids is 1. The van der Waals surface area contributed by atoms with Crippen molar-refractivity contribution in [3.8, 4) is 39.6 Å². The van der Waals surface area contributed by atoms with Crippen molar-refractivity contribution in [2.45, 2.75) is 13.0 Å². The van der Waals surface area contributed by atoms with E-state index < -0.39 is 0 Å². The Kier molecular flexibility index (Phi) is 6.55. The highest BCUT2D eigenvalue weighted by Gasteiger charge is 2.29. The van der Waals surface area contributed by atoms with Crippen molar-refractivity contribution in [2.75, 3.05) is 28.1 Å². The van der Waals surface area contributed by atoms with Crippen molar-refractivity contribution >= 4 is 16.7 Å². The van der Waals surface area contributed by atoms with E-state index in [9.17, 15) is 4.79 Å². The molecule has 4 aromatic carbocycles. The first-order valence-electron chi connectivity index (χ1n) is 12.9. The quantitative estimate of drug-likeness (QED) is 0.167. The van der Waals surface area contributed by atoms with Gasteiger partial charge in [-0.15, -0.1) is 0 Å². The molecule has 0 atom stereocenters. The molecule has 0 N–H and O–H groups in total. The fraction of sp³-hybridized carbons (Fsp3) is 0.182. The Labute approximate surface area is 227 Å². The third kappa shape index (κ3) is 4.43. The van der Waals surface area contributed by atoms with Gasteiger partial charge in [0.25, 0.3) is 0 Å². The molecule has 6 rings (SSSR count).